The third-order valence-corrected chi connectivity index (χ3v) is 5.81. The van der Waals surface area contributed by atoms with Crippen molar-refractivity contribution >= 4 is 21.8 Å². The lowest BCUT2D eigenvalue weighted by Gasteiger charge is -2.29. The summed E-state index contributed by atoms with van der Waals surface area (Å²) in [5, 5.41) is 0.0804. The largest absolute Gasteiger partial charge is 0.246 e. The highest BCUT2D eigenvalue weighted by Crippen LogP contribution is 2.26. The SMILES string of the molecule is C[C@H]1CN(S(=O)(=O)c2cc(F)c(F)cc2F)CCS1. The molecule has 1 heterocycles. The van der Waals surface area contributed by atoms with E-state index in [1.165, 1.54) is 0 Å². The second-order valence-electron chi connectivity index (χ2n) is 4.24. The molecule has 1 saturated heterocycles. The molecule has 0 amide bonds. The monoisotopic (exact) mass is 311 g/mol. The fourth-order valence-corrected chi connectivity index (χ4v) is 4.66. The van der Waals surface area contributed by atoms with Crippen LogP contribution in [-0.4, -0.2) is 36.8 Å². The summed E-state index contributed by atoms with van der Waals surface area (Å²) in [4.78, 5) is -0.814. The maximum Gasteiger partial charge on any atom is 0.246 e. The number of rotatable bonds is 2. The van der Waals surface area contributed by atoms with Crippen LogP contribution in [0, 0.1) is 17.5 Å². The molecule has 0 unspecified atom stereocenters. The number of hydrogen-bond donors (Lipinski definition) is 0. The average molecular weight is 311 g/mol. The predicted octanol–water partition coefficient (Wildman–Crippen LogP) is 2.23. The fourth-order valence-electron chi connectivity index (χ4n) is 1.85. The highest BCUT2D eigenvalue weighted by molar-refractivity contribution is 8.00. The van der Waals surface area contributed by atoms with Crippen molar-refractivity contribution in [3.63, 3.8) is 0 Å². The van der Waals surface area contributed by atoms with Crippen LogP contribution in [0.3, 0.4) is 0 Å². The molecule has 1 aliphatic rings. The van der Waals surface area contributed by atoms with Crippen LogP contribution in [0.1, 0.15) is 6.92 Å². The molecule has 1 fully saturated rings. The predicted molar refractivity (Wildman–Crippen MR) is 67.0 cm³/mol. The van der Waals surface area contributed by atoms with Gasteiger partial charge in [0.2, 0.25) is 10.0 Å². The van der Waals surface area contributed by atoms with Crippen molar-refractivity contribution in [3.05, 3.63) is 29.6 Å². The molecule has 0 aliphatic carbocycles. The second-order valence-corrected chi connectivity index (χ2v) is 7.69. The van der Waals surface area contributed by atoms with Gasteiger partial charge in [0.25, 0.3) is 0 Å². The van der Waals surface area contributed by atoms with E-state index in [0.717, 1.165) is 4.31 Å². The van der Waals surface area contributed by atoms with Gasteiger partial charge in [0.1, 0.15) is 10.7 Å². The summed E-state index contributed by atoms with van der Waals surface area (Å²) in [5.74, 6) is -3.46. The molecule has 0 spiro atoms. The molecular formula is C11H12F3NO2S2. The van der Waals surface area contributed by atoms with Crippen molar-refractivity contribution in [1.82, 2.24) is 4.31 Å². The maximum atomic E-state index is 13.6. The van der Waals surface area contributed by atoms with E-state index in [1.807, 2.05) is 6.92 Å². The van der Waals surface area contributed by atoms with Crippen LogP contribution in [0.25, 0.3) is 0 Å². The van der Waals surface area contributed by atoms with Crippen molar-refractivity contribution in [3.8, 4) is 0 Å². The normalized spacial score (nSPS) is 21.6. The van der Waals surface area contributed by atoms with E-state index < -0.39 is 32.4 Å². The van der Waals surface area contributed by atoms with Crippen molar-refractivity contribution in [2.24, 2.45) is 0 Å². The topological polar surface area (TPSA) is 37.4 Å². The van der Waals surface area contributed by atoms with E-state index in [2.05, 4.69) is 0 Å². The minimum Gasteiger partial charge on any atom is -0.207 e. The van der Waals surface area contributed by atoms with Gasteiger partial charge in [0, 0.05) is 30.2 Å². The third-order valence-electron chi connectivity index (χ3n) is 2.80. The maximum absolute atomic E-state index is 13.6. The summed E-state index contributed by atoms with van der Waals surface area (Å²) >= 11 is 1.61. The quantitative estimate of drug-likeness (QED) is 0.786. The van der Waals surface area contributed by atoms with Gasteiger partial charge >= 0.3 is 0 Å². The lowest BCUT2D eigenvalue weighted by atomic mass is 10.3. The first-order valence-electron chi connectivity index (χ1n) is 5.58. The molecule has 1 aromatic carbocycles. The van der Waals surface area contributed by atoms with Gasteiger partial charge in [-0.3, -0.25) is 0 Å². The van der Waals surface area contributed by atoms with Gasteiger partial charge in [-0.1, -0.05) is 6.92 Å². The Morgan fingerprint density at radius 2 is 1.84 bits per heavy atom. The molecular weight excluding hydrogens is 299 g/mol. The van der Waals surface area contributed by atoms with Crippen LogP contribution in [0.15, 0.2) is 17.0 Å². The first kappa shape index (κ1) is 14.7. The Balaban J connectivity index is 2.42. The van der Waals surface area contributed by atoms with E-state index in [9.17, 15) is 21.6 Å². The first-order chi connectivity index (χ1) is 8.82. The number of halogens is 3. The van der Waals surface area contributed by atoms with Crippen LogP contribution in [-0.2, 0) is 10.0 Å². The van der Waals surface area contributed by atoms with Gasteiger partial charge in [-0.05, 0) is 6.07 Å². The summed E-state index contributed by atoms with van der Waals surface area (Å²) in [6.45, 7) is 2.31. The van der Waals surface area contributed by atoms with Gasteiger partial charge in [0.05, 0.1) is 0 Å². The highest BCUT2D eigenvalue weighted by atomic mass is 32.2. The second kappa shape index (κ2) is 5.34. The third kappa shape index (κ3) is 2.90. The molecule has 0 saturated carbocycles. The lowest BCUT2D eigenvalue weighted by Crippen LogP contribution is -2.41. The Bertz CT molecular complexity index is 592. The van der Waals surface area contributed by atoms with Crippen molar-refractivity contribution < 1.29 is 21.6 Å². The van der Waals surface area contributed by atoms with Crippen molar-refractivity contribution in [1.29, 1.82) is 0 Å². The molecule has 1 aliphatic heterocycles. The van der Waals surface area contributed by atoms with Crippen LogP contribution >= 0.6 is 11.8 Å². The fraction of sp³-hybridized carbons (Fsp3) is 0.455. The van der Waals surface area contributed by atoms with Crippen molar-refractivity contribution in [2.75, 3.05) is 18.8 Å². The zero-order valence-corrected chi connectivity index (χ0v) is 11.7. The van der Waals surface area contributed by atoms with Crippen LogP contribution in [0.2, 0.25) is 0 Å². The molecule has 2 rings (SSSR count). The Morgan fingerprint density at radius 1 is 1.21 bits per heavy atom. The Labute approximate surface area is 113 Å². The smallest absolute Gasteiger partial charge is 0.207 e. The van der Waals surface area contributed by atoms with Gasteiger partial charge in [-0.15, -0.1) is 0 Å². The van der Waals surface area contributed by atoms with E-state index >= 15 is 0 Å². The molecule has 0 N–H and O–H groups in total. The zero-order chi connectivity index (χ0) is 14.2. The standard InChI is InChI=1S/C11H12F3NO2S2/c1-7-6-15(2-3-18-7)19(16,17)11-5-9(13)8(12)4-10(11)14/h4-5,7H,2-3,6H2,1H3/t7-/m0/s1. The average Bonchev–Trinajstić information content (AvgIpc) is 2.33. The van der Waals surface area contributed by atoms with Gasteiger partial charge in [-0.25, -0.2) is 21.6 Å². The summed E-state index contributed by atoms with van der Waals surface area (Å²) in [6, 6.07) is 0.650. The molecule has 0 aromatic heterocycles. The van der Waals surface area contributed by atoms with Gasteiger partial charge in [-0.2, -0.15) is 16.1 Å². The van der Waals surface area contributed by atoms with E-state index in [-0.39, 0.29) is 24.4 Å². The first-order valence-corrected chi connectivity index (χ1v) is 8.07. The van der Waals surface area contributed by atoms with Gasteiger partial charge in [0.15, 0.2) is 11.6 Å². The molecule has 3 nitrogen and oxygen atoms in total. The number of sulfonamides is 1. The van der Waals surface area contributed by atoms with Crippen molar-refractivity contribution in [2.45, 2.75) is 17.1 Å². The van der Waals surface area contributed by atoms with E-state index in [4.69, 9.17) is 0 Å². The summed E-state index contributed by atoms with van der Waals surface area (Å²) in [6.07, 6.45) is 0. The summed E-state index contributed by atoms with van der Waals surface area (Å²) < 4.78 is 65.0. The number of thioether (sulfide) groups is 1. The van der Waals surface area contributed by atoms with E-state index in [1.54, 1.807) is 11.8 Å². The van der Waals surface area contributed by atoms with Crippen LogP contribution in [0.5, 0.6) is 0 Å². The minimum absolute atomic E-state index is 0.0804. The number of benzene rings is 1. The lowest BCUT2D eigenvalue weighted by molar-refractivity contribution is 0.417. The molecule has 19 heavy (non-hydrogen) atoms. The Kier molecular flexibility index (Phi) is 4.12. The minimum atomic E-state index is -4.13. The summed E-state index contributed by atoms with van der Waals surface area (Å²) in [5.41, 5.74) is 0. The summed E-state index contributed by atoms with van der Waals surface area (Å²) in [7, 11) is -4.13. The number of nitrogens with zero attached hydrogens (tertiary/aromatic N) is 1. The molecule has 8 heteroatoms. The Hall–Kier alpha value is -0.730. The van der Waals surface area contributed by atoms with Crippen LogP contribution in [0.4, 0.5) is 13.2 Å². The molecule has 0 bridgehead atoms. The van der Waals surface area contributed by atoms with E-state index in [0.29, 0.717) is 11.8 Å². The zero-order valence-electron chi connectivity index (χ0n) is 10.1. The molecule has 106 valence electrons. The molecule has 0 radical (unpaired) electrons. The molecule has 1 atom stereocenters. The molecule has 1 aromatic rings. The number of hydrogen-bond acceptors (Lipinski definition) is 3. The van der Waals surface area contributed by atoms with Gasteiger partial charge < -0.3 is 0 Å². The Morgan fingerprint density at radius 3 is 2.47 bits per heavy atom. The van der Waals surface area contributed by atoms with Crippen LogP contribution < -0.4 is 0 Å². The highest BCUT2D eigenvalue weighted by Gasteiger charge is 2.32.